The Morgan fingerprint density at radius 1 is 1.33 bits per heavy atom. The Morgan fingerprint density at radius 2 is 2.07 bits per heavy atom. The van der Waals surface area contributed by atoms with Crippen molar-refractivity contribution in [2.24, 2.45) is 0 Å². The van der Waals surface area contributed by atoms with Crippen molar-refractivity contribution < 1.29 is 9.47 Å². The van der Waals surface area contributed by atoms with Crippen LogP contribution in [0.25, 0.3) is 0 Å². The van der Waals surface area contributed by atoms with Crippen LogP contribution in [0, 0.1) is 0 Å². The summed E-state index contributed by atoms with van der Waals surface area (Å²) in [7, 11) is 0. The van der Waals surface area contributed by atoms with Crippen LogP contribution in [-0.4, -0.2) is 16.0 Å². The number of H-pyrrole nitrogens is 1. The lowest BCUT2D eigenvalue weighted by Crippen LogP contribution is -2.44. The average Bonchev–Trinajstić information content (AvgIpc) is 2.74. The fraction of sp³-hybridized carbons (Fsp3) is 0.545. The first-order chi connectivity index (χ1) is 7.11. The van der Waals surface area contributed by atoms with Crippen LogP contribution in [0.3, 0.4) is 0 Å². The highest BCUT2D eigenvalue weighted by Gasteiger charge is 2.48. The monoisotopic (exact) mass is 206 g/mol. The summed E-state index contributed by atoms with van der Waals surface area (Å²) in [6.45, 7) is 4.35. The second kappa shape index (κ2) is 2.56. The first-order valence-electron chi connectivity index (χ1n) is 5.15. The van der Waals surface area contributed by atoms with E-state index in [1.54, 1.807) is 12.5 Å². The third-order valence-electron chi connectivity index (χ3n) is 3.19. The van der Waals surface area contributed by atoms with E-state index in [2.05, 4.69) is 24.0 Å². The van der Waals surface area contributed by atoms with Crippen LogP contribution in [0.2, 0.25) is 0 Å². The van der Waals surface area contributed by atoms with Crippen molar-refractivity contribution in [3.63, 3.8) is 0 Å². The maximum atomic E-state index is 5.60. The summed E-state index contributed by atoms with van der Waals surface area (Å²) >= 11 is 0. The van der Waals surface area contributed by atoms with E-state index in [1.165, 1.54) is 11.3 Å². The van der Waals surface area contributed by atoms with E-state index in [0.29, 0.717) is 0 Å². The highest BCUT2D eigenvalue weighted by Crippen LogP contribution is 2.44. The van der Waals surface area contributed by atoms with Crippen LogP contribution in [0.1, 0.15) is 31.5 Å². The zero-order chi connectivity index (χ0) is 10.5. The summed E-state index contributed by atoms with van der Waals surface area (Å²) in [4.78, 5) is 0. The van der Waals surface area contributed by atoms with Gasteiger partial charge in [-0.05, 0) is 0 Å². The van der Waals surface area contributed by atoms with Crippen molar-refractivity contribution in [1.82, 2.24) is 10.2 Å². The van der Waals surface area contributed by atoms with Gasteiger partial charge in [0.1, 0.15) is 12.5 Å². The van der Waals surface area contributed by atoms with Gasteiger partial charge in [-0.15, -0.1) is 0 Å². The Hall–Kier alpha value is -1.45. The maximum Gasteiger partial charge on any atom is 0.254 e. The molecule has 0 amide bonds. The summed E-state index contributed by atoms with van der Waals surface area (Å²) in [5.41, 5.74) is 2.40. The number of aromatic amines is 1. The highest BCUT2D eigenvalue weighted by molar-refractivity contribution is 5.30. The molecule has 0 unspecified atom stereocenters. The lowest BCUT2D eigenvalue weighted by Gasteiger charge is -2.39. The molecule has 1 aromatic heterocycles. The zero-order valence-corrected chi connectivity index (χ0v) is 8.91. The molecule has 4 heteroatoms. The number of hydrogen-bond donors (Lipinski definition) is 1. The molecule has 1 aromatic rings. The topological polar surface area (TPSA) is 47.1 Å². The van der Waals surface area contributed by atoms with Gasteiger partial charge in [-0.3, -0.25) is 5.10 Å². The third-order valence-corrected chi connectivity index (χ3v) is 3.19. The quantitative estimate of drug-likeness (QED) is 0.704. The molecule has 0 fully saturated rings. The number of aromatic nitrogens is 2. The fourth-order valence-corrected chi connectivity index (χ4v) is 2.64. The number of nitrogens with zero attached hydrogens (tertiary/aromatic N) is 1. The molecule has 0 saturated carbocycles. The lowest BCUT2D eigenvalue weighted by atomic mass is 9.74. The Bertz CT molecular complexity index is 412. The van der Waals surface area contributed by atoms with Crippen molar-refractivity contribution in [1.29, 1.82) is 0 Å². The second-order valence-electron chi connectivity index (χ2n) is 4.93. The smallest absolute Gasteiger partial charge is 0.254 e. The number of hydrogen-bond acceptors (Lipinski definition) is 3. The summed E-state index contributed by atoms with van der Waals surface area (Å²) in [6, 6.07) is 0. The first kappa shape index (κ1) is 8.83. The van der Waals surface area contributed by atoms with E-state index >= 15 is 0 Å². The molecule has 0 saturated heterocycles. The van der Waals surface area contributed by atoms with Gasteiger partial charge in [-0.25, -0.2) is 0 Å². The molecule has 0 radical (unpaired) electrons. The molecule has 1 aliphatic carbocycles. The van der Waals surface area contributed by atoms with Crippen molar-refractivity contribution in [2.75, 3.05) is 0 Å². The van der Waals surface area contributed by atoms with Gasteiger partial charge < -0.3 is 9.47 Å². The molecular weight excluding hydrogens is 192 g/mol. The molecule has 15 heavy (non-hydrogen) atoms. The van der Waals surface area contributed by atoms with E-state index in [0.717, 1.165) is 12.8 Å². The van der Waals surface area contributed by atoms with E-state index < -0.39 is 5.79 Å². The molecule has 1 aliphatic heterocycles. The summed E-state index contributed by atoms with van der Waals surface area (Å²) < 4.78 is 11.2. The molecule has 2 heterocycles. The van der Waals surface area contributed by atoms with Crippen molar-refractivity contribution >= 4 is 0 Å². The minimum absolute atomic E-state index is 0.0100. The molecule has 3 rings (SSSR count). The van der Waals surface area contributed by atoms with Gasteiger partial charge in [0.2, 0.25) is 0 Å². The van der Waals surface area contributed by atoms with E-state index in [-0.39, 0.29) is 5.41 Å². The van der Waals surface area contributed by atoms with E-state index in [4.69, 9.17) is 9.47 Å². The number of fused-ring (bicyclic) bond motifs is 1. The maximum absolute atomic E-state index is 5.60. The fourth-order valence-electron chi connectivity index (χ4n) is 2.64. The van der Waals surface area contributed by atoms with Gasteiger partial charge in [0.25, 0.3) is 5.79 Å². The van der Waals surface area contributed by atoms with E-state index in [9.17, 15) is 0 Å². The summed E-state index contributed by atoms with van der Waals surface area (Å²) in [5, 5.41) is 7.17. The number of nitrogens with one attached hydrogen (secondary N) is 1. The van der Waals surface area contributed by atoms with Gasteiger partial charge in [0, 0.05) is 23.1 Å². The molecule has 2 aliphatic rings. The van der Waals surface area contributed by atoms with Crippen LogP contribution in [0.15, 0.2) is 18.7 Å². The lowest BCUT2D eigenvalue weighted by molar-refractivity contribution is -0.160. The minimum atomic E-state index is -0.500. The van der Waals surface area contributed by atoms with Crippen LogP contribution in [0.4, 0.5) is 0 Å². The molecule has 4 nitrogen and oxygen atoms in total. The predicted octanol–water partition coefficient (Wildman–Crippen LogP) is 1.85. The summed E-state index contributed by atoms with van der Waals surface area (Å²) in [5.74, 6) is -0.500. The minimum Gasteiger partial charge on any atom is -0.456 e. The summed E-state index contributed by atoms with van der Waals surface area (Å²) in [6.07, 6.45) is 6.71. The first-order valence-corrected chi connectivity index (χ1v) is 5.15. The molecule has 1 N–H and O–H groups in total. The zero-order valence-electron chi connectivity index (χ0n) is 8.91. The molecular formula is C11H14N2O2. The van der Waals surface area contributed by atoms with Gasteiger partial charge in [0.05, 0.1) is 12.6 Å². The SMILES string of the molecule is CC1(C)CC2(Cc3cn[nH]c31)OC=CO2. The van der Waals surface area contributed by atoms with Crippen LogP contribution >= 0.6 is 0 Å². The van der Waals surface area contributed by atoms with Crippen LogP contribution in [-0.2, 0) is 21.3 Å². The largest absolute Gasteiger partial charge is 0.456 e. The highest BCUT2D eigenvalue weighted by atomic mass is 16.7. The predicted molar refractivity (Wildman–Crippen MR) is 54.0 cm³/mol. The van der Waals surface area contributed by atoms with Gasteiger partial charge in [-0.2, -0.15) is 5.10 Å². The Balaban J connectivity index is 2.04. The Morgan fingerprint density at radius 3 is 2.80 bits per heavy atom. The number of ether oxygens (including phenoxy) is 2. The van der Waals surface area contributed by atoms with Crippen molar-refractivity contribution in [3.8, 4) is 0 Å². The van der Waals surface area contributed by atoms with Crippen molar-refractivity contribution in [3.05, 3.63) is 30.0 Å². The number of rotatable bonds is 0. The van der Waals surface area contributed by atoms with Gasteiger partial charge in [-0.1, -0.05) is 13.8 Å². The van der Waals surface area contributed by atoms with E-state index in [1.807, 2.05) is 6.20 Å². The average molecular weight is 206 g/mol. The third kappa shape index (κ3) is 1.17. The van der Waals surface area contributed by atoms with Crippen molar-refractivity contribution in [2.45, 2.75) is 37.9 Å². The molecule has 80 valence electrons. The molecule has 0 bridgehead atoms. The molecule has 0 aromatic carbocycles. The normalized spacial score (nSPS) is 24.7. The Kier molecular flexibility index (Phi) is 1.51. The molecule has 0 atom stereocenters. The van der Waals surface area contributed by atoms with Crippen LogP contribution in [0.5, 0.6) is 0 Å². The second-order valence-corrected chi connectivity index (χ2v) is 4.93. The van der Waals surface area contributed by atoms with Crippen LogP contribution < -0.4 is 0 Å². The van der Waals surface area contributed by atoms with Gasteiger partial charge in [0.15, 0.2) is 0 Å². The molecule has 1 spiro atoms. The Labute approximate surface area is 88.3 Å². The standard InChI is InChI=1S/C11H14N2O2/c1-10(2)7-11(14-3-4-15-11)5-8-6-12-13-9(8)10/h3-4,6H,5,7H2,1-2H3,(H,12,13). The van der Waals surface area contributed by atoms with Gasteiger partial charge >= 0.3 is 0 Å².